The monoisotopic (exact) mass is 333 g/mol. The number of nitrogens with one attached hydrogen (secondary N) is 1. The lowest BCUT2D eigenvalue weighted by Crippen LogP contribution is -2.32. The van der Waals surface area contributed by atoms with Crippen LogP contribution in [0.1, 0.15) is 24.5 Å². The zero-order valence-corrected chi connectivity index (χ0v) is 14.9. The Balaban J connectivity index is 1.80. The molecular weight excluding hydrogens is 310 g/mol. The van der Waals surface area contributed by atoms with Gasteiger partial charge in [-0.05, 0) is 55.0 Å². The fraction of sp³-hybridized carbons (Fsp3) is 0.227. The summed E-state index contributed by atoms with van der Waals surface area (Å²) in [6.07, 6.45) is 0.0732. The van der Waals surface area contributed by atoms with Crippen LogP contribution >= 0.6 is 0 Å². The van der Waals surface area contributed by atoms with E-state index in [1.54, 1.807) is 0 Å². The number of hydrogen-bond acceptors (Lipinski definition) is 2. The normalized spacial score (nSPS) is 12.0. The van der Waals surface area contributed by atoms with E-state index in [2.05, 4.69) is 11.4 Å². The Bertz CT molecular complexity index is 876. The van der Waals surface area contributed by atoms with Gasteiger partial charge in [0.15, 0.2) is 6.10 Å². The number of ether oxygens (including phenoxy) is 1. The smallest absolute Gasteiger partial charge is 0.265 e. The first-order valence-electron chi connectivity index (χ1n) is 8.60. The van der Waals surface area contributed by atoms with Gasteiger partial charge in [0, 0.05) is 11.1 Å². The molecule has 0 radical (unpaired) electrons. The molecule has 0 bridgehead atoms. The van der Waals surface area contributed by atoms with Gasteiger partial charge in [0.2, 0.25) is 0 Å². The van der Waals surface area contributed by atoms with E-state index < -0.39 is 6.10 Å². The van der Waals surface area contributed by atoms with Crippen LogP contribution in [0, 0.1) is 13.8 Å². The molecular formula is C22H23NO2. The van der Waals surface area contributed by atoms with Gasteiger partial charge in [-0.3, -0.25) is 4.79 Å². The van der Waals surface area contributed by atoms with Crippen molar-refractivity contribution in [2.45, 2.75) is 33.3 Å². The molecule has 3 heteroatoms. The molecule has 0 spiro atoms. The highest BCUT2D eigenvalue weighted by Crippen LogP contribution is 2.24. The zero-order chi connectivity index (χ0) is 17.8. The summed E-state index contributed by atoms with van der Waals surface area (Å²) in [5, 5.41) is 5.15. The summed E-state index contributed by atoms with van der Waals surface area (Å²) in [6, 6.07) is 19.9. The number of aryl methyl sites for hydroxylation is 2. The molecule has 0 saturated carbocycles. The Morgan fingerprint density at radius 3 is 2.40 bits per heavy atom. The van der Waals surface area contributed by atoms with E-state index in [-0.39, 0.29) is 5.91 Å². The summed E-state index contributed by atoms with van der Waals surface area (Å²) in [6.45, 7) is 6.00. The fourth-order valence-electron chi connectivity index (χ4n) is 3.04. The van der Waals surface area contributed by atoms with E-state index in [1.807, 2.05) is 75.4 Å². The Hall–Kier alpha value is -2.81. The molecule has 3 aromatic rings. The minimum Gasteiger partial charge on any atom is -0.481 e. The third kappa shape index (κ3) is 4.00. The Morgan fingerprint density at radius 2 is 1.68 bits per heavy atom. The molecule has 0 aliphatic carbocycles. The third-order valence-corrected chi connectivity index (χ3v) is 4.18. The van der Waals surface area contributed by atoms with Crippen molar-refractivity contribution in [3.63, 3.8) is 0 Å². The van der Waals surface area contributed by atoms with E-state index in [0.717, 1.165) is 33.3 Å². The number of carbonyl (C=O) groups excluding carboxylic acids is 1. The lowest BCUT2D eigenvalue weighted by atomic mass is 10.1. The minimum absolute atomic E-state index is 0.127. The first-order chi connectivity index (χ1) is 12.1. The van der Waals surface area contributed by atoms with Crippen LogP contribution in [0.5, 0.6) is 5.75 Å². The second-order valence-corrected chi connectivity index (χ2v) is 6.35. The number of benzene rings is 3. The topological polar surface area (TPSA) is 38.3 Å². The average molecular weight is 333 g/mol. The van der Waals surface area contributed by atoms with Crippen LogP contribution in [0.3, 0.4) is 0 Å². The van der Waals surface area contributed by atoms with Crippen molar-refractivity contribution in [2.24, 2.45) is 0 Å². The van der Waals surface area contributed by atoms with Gasteiger partial charge in [-0.15, -0.1) is 0 Å². The third-order valence-electron chi connectivity index (χ3n) is 4.18. The predicted octanol–water partition coefficient (Wildman–Crippen LogP) is 5.25. The fourth-order valence-corrected chi connectivity index (χ4v) is 3.04. The molecule has 3 aromatic carbocycles. The van der Waals surface area contributed by atoms with Gasteiger partial charge in [-0.1, -0.05) is 49.4 Å². The molecule has 0 aromatic heterocycles. The molecule has 25 heavy (non-hydrogen) atoms. The Morgan fingerprint density at radius 1 is 1.00 bits per heavy atom. The Labute approximate surface area is 148 Å². The van der Waals surface area contributed by atoms with Crippen LogP contribution in [0.15, 0.2) is 60.7 Å². The molecule has 0 aliphatic heterocycles. The highest BCUT2D eigenvalue weighted by Gasteiger charge is 2.19. The number of hydrogen-bond donors (Lipinski definition) is 1. The van der Waals surface area contributed by atoms with Gasteiger partial charge < -0.3 is 10.1 Å². The summed E-state index contributed by atoms with van der Waals surface area (Å²) in [5.41, 5.74) is 3.06. The molecule has 0 aliphatic rings. The van der Waals surface area contributed by atoms with Gasteiger partial charge in [0.25, 0.3) is 5.91 Å². The first kappa shape index (κ1) is 17.0. The van der Waals surface area contributed by atoms with Crippen LogP contribution in [-0.2, 0) is 4.79 Å². The second kappa shape index (κ2) is 7.39. The first-order valence-corrected chi connectivity index (χ1v) is 8.60. The maximum atomic E-state index is 12.7. The highest BCUT2D eigenvalue weighted by molar-refractivity contribution is 6.03. The molecule has 0 fully saturated rings. The lowest BCUT2D eigenvalue weighted by Gasteiger charge is -2.18. The van der Waals surface area contributed by atoms with E-state index in [0.29, 0.717) is 6.42 Å². The quantitative estimate of drug-likeness (QED) is 0.692. The standard InChI is InChI=1S/C22H23NO2/c1-4-21(25-18-13-15(2)12-16(3)14-18)22(24)23-20-11-7-9-17-8-5-6-10-19(17)20/h5-14,21H,4H2,1-3H3,(H,23,24)/t21-/m1/s1. The van der Waals surface area contributed by atoms with Gasteiger partial charge in [-0.2, -0.15) is 0 Å². The van der Waals surface area contributed by atoms with Crippen molar-refractivity contribution >= 4 is 22.4 Å². The van der Waals surface area contributed by atoms with Crippen LogP contribution in [0.4, 0.5) is 5.69 Å². The SMILES string of the molecule is CC[C@@H](Oc1cc(C)cc(C)c1)C(=O)Nc1cccc2ccccc12. The van der Waals surface area contributed by atoms with Crippen molar-refractivity contribution in [3.05, 3.63) is 71.8 Å². The predicted molar refractivity (Wildman–Crippen MR) is 103 cm³/mol. The molecule has 128 valence electrons. The average Bonchev–Trinajstić information content (AvgIpc) is 2.59. The maximum absolute atomic E-state index is 12.7. The van der Waals surface area contributed by atoms with Crippen LogP contribution in [-0.4, -0.2) is 12.0 Å². The molecule has 0 saturated heterocycles. The van der Waals surface area contributed by atoms with Crippen LogP contribution in [0.2, 0.25) is 0 Å². The molecule has 1 atom stereocenters. The van der Waals surface area contributed by atoms with Crippen molar-refractivity contribution < 1.29 is 9.53 Å². The minimum atomic E-state index is -0.528. The highest BCUT2D eigenvalue weighted by atomic mass is 16.5. The second-order valence-electron chi connectivity index (χ2n) is 6.35. The van der Waals surface area contributed by atoms with Crippen LogP contribution in [0.25, 0.3) is 10.8 Å². The van der Waals surface area contributed by atoms with E-state index >= 15 is 0 Å². The molecule has 0 unspecified atom stereocenters. The number of anilines is 1. The van der Waals surface area contributed by atoms with Gasteiger partial charge >= 0.3 is 0 Å². The molecule has 1 amide bonds. The molecule has 3 nitrogen and oxygen atoms in total. The van der Waals surface area contributed by atoms with E-state index in [1.165, 1.54) is 0 Å². The van der Waals surface area contributed by atoms with Gasteiger partial charge in [0.05, 0.1) is 0 Å². The number of amides is 1. The van der Waals surface area contributed by atoms with E-state index in [4.69, 9.17) is 4.74 Å². The summed E-state index contributed by atoms with van der Waals surface area (Å²) in [7, 11) is 0. The zero-order valence-electron chi connectivity index (χ0n) is 14.9. The summed E-state index contributed by atoms with van der Waals surface area (Å²) in [5.74, 6) is 0.607. The summed E-state index contributed by atoms with van der Waals surface area (Å²) >= 11 is 0. The molecule has 3 rings (SSSR count). The van der Waals surface area contributed by atoms with E-state index in [9.17, 15) is 4.79 Å². The van der Waals surface area contributed by atoms with Crippen LogP contribution < -0.4 is 10.1 Å². The Kier molecular flexibility index (Phi) is 5.03. The van der Waals surface area contributed by atoms with Gasteiger partial charge in [-0.25, -0.2) is 0 Å². The van der Waals surface area contributed by atoms with Crippen molar-refractivity contribution in [1.82, 2.24) is 0 Å². The largest absolute Gasteiger partial charge is 0.481 e. The van der Waals surface area contributed by atoms with Gasteiger partial charge in [0.1, 0.15) is 5.75 Å². The van der Waals surface area contributed by atoms with Crippen molar-refractivity contribution in [1.29, 1.82) is 0 Å². The number of rotatable bonds is 5. The summed E-state index contributed by atoms with van der Waals surface area (Å²) < 4.78 is 5.96. The maximum Gasteiger partial charge on any atom is 0.265 e. The number of carbonyl (C=O) groups is 1. The summed E-state index contributed by atoms with van der Waals surface area (Å²) in [4.78, 5) is 12.7. The number of fused-ring (bicyclic) bond motifs is 1. The van der Waals surface area contributed by atoms with Crippen molar-refractivity contribution in [2.75, 3.05) is 5.32 Å². The molecule has 0 heterocycles. The van der Waals surface area contributed by atoms with Crippen molar-refractivity contribution in [3.8, 4) is 5.75 Å². The lowest BCUT2D eigenvalue weighted by molar-refractivity contribution is -0.122. The molecule has 1 N–H and O–H groups in total.